The molecule has 0 atom stereocenters. The highest BCUT2D eigenvalue weighted by molar-refractivity contribution is 9.10. The summed E-state index contributed by atoms with van der Waals surface area (Å²) in [7, 11) is -3.73. The number of sulfonamides is 1. The lowest BCUT2D eigenvalue weighted by Gasteiger charge is -2.23. The van der Waals surface area contributed by atoms with Gasteiger partial charge >= 0.3 is 5.97 Å². The van der Waals surface area contributed by atoms with Crippen molar-refractivity contribution in [3.63, 3.8) is 0 Å². The molecule has 0 saturated carbocycles. The molecule has 2 N–H and O–H groups in total. The van der Waals surface area contributed by atoms with Gasteiger partial charge in [0.15, 0.2) is 0 Å². The van der Waals surface area contributed by atoms with Crippen molar-refractivity contribution >= 4 is 49.2 Å². The zero-order chi connectivity index (χ0) is 18.6. The van der Waals surface area contributed by atoms with Crippen molar-refractivity contribution in [1.29, 1.82) is 0 Å². The van der Waals surface area contributed by atoms with Gasteiger partial charge in [-0.2, -0.15) is 0 Å². The fourth-order valence-corrected chi connectivity index (χ4v) is 3.62. The number of nitrogens with one attached hydrogen (secondary N) is 1. The van der Waals surface area contributed by atoms with Crippen molar-refractivity contribution in [3.05, 3.63) is 58.6 Å². The van der Waals surface area contributed by atoms with Crippen LogP contribution in [-0.2, 0) is 14.8 Å². The number of carboxylic acid groups (broad SMARTS) is 1. The number of hydrogen-bond acceptors (Lipinski definition) is 4. The first-order valence-electron chi connectivity index (χ1n) is 7.04. The van der Waals surface area contributed by atoms with Gasteiger partial charge in [0.25, 0.3) is 0 Å². The number of para-hydroxylation sites is 2. The van der Waals surface area contributed by atoms with E-state index in [0.717, 1.165) is 10.6 Å². The van der Waals surface area contributed by atoms with Crippen molar-refractivity contribution in [3.8, 4) is 0 Å². The van der Waals surface area contributed by atoms with E-state index in [1.807, 2.05) is 0 Å². The Morgan fingerprint density at radius 1 is 1.12 bits per heavy atom. The van der Waals surface area contributed by atoms with E-state index in [0.29, 0.717) is 10.2 Å². The Hall–Kier alpha value is -2.39. The third-order valence-electron chi connectivity index (χ3n) is 3.24. The summed E-state index contributed by atoms with van der Waals surface area (Å²) in [5, 5.41) is 11.6. The molecule has 25 heavy (non-hydrogen) atoms. The summed E-state index contributed by atoms with van der Waals surface area (Å²) < 4.78 is 25.6. The van der Waals surface area contributed by atoms with Gasteiger partial charge in [0.05, 0.1) is 23.2 Å². The van der Waals surface area contributed by atoms with E-state index < -0.39 is 28.4 Å². The highest BCUT2D eigenvalue weighted by atomic mass is 79.9. The second kappa shape index (κ2) is 7.66. The van der Waals surface area contributed by atoms with Crippen molar-refractivity contribution in [2.24, 2.45) is 0 Å². The van der Waals surface area contributed by atoms with Crippen molar-refractivity contribution in [2.45, 2.75) is 0 Å². The SMILES string of the molecule is CS(=O)(=O)N(CC(=O)Nc1ccccc1C(=O)O)c1ccccc1Br. The number of amides is 1. The molecule has 0 heterocycles. The van der Waals surface area contributed by atoms with Gasteiger partial charge in [-0.05, 0) is 40.2 Å². The van der Waals surface area contributed by atoms with E-state index in [2.05, 4.69) is 21.2 Å². The van der Waals surface area contributed by atoms with Gasteiger partial charge in [-0.15, -0.1) is 0 Å². The molecule has 0 fully saturated rings. The van der Waals surface area contributed by atoms with Crippen LogP contribution >= 0.6 is 15.9 Å². The van der Waals surface area contributed by atoms with Crippen LogP contribution in [0.3, 0.4) is 0 Å². The fourth-order valence-electron chi connectivity index (χ4n) is 2.13. The number of aromatic carboxylic acids is 1. The molecule has 2 aromatic carbocycles. The van der Waals surface area contributed by atoms with E-state index in [4.69, 9.17) is 5.11 Å². The molecule has 2 rings (SSSR count). The number of hydrogen-bond donors (Lipinski definition) is 2. The van der Waals surface area contributed by atoms with Gasteiger partial charge in [-0.3, -0.25) is 9.10 Å². The maximum Gasteiger partial charge on any atom is 0.337 e. The van der Waals surface area contributed by atoms with Crippen LogP contribution in [0.4, 0.5) is 11.4 Å². The summed E-state index contributed by atoms with van der Waals surface area (Å²) in [5.74, 6) is -1.85. The van der Waals surface area contributed by atoms with E-state index in [1.165, 1.54) is 18.2 Å². The van der Waals surface area contributed by atoms with Crippen LogP contribution in [0.2, 0.25) is 0 Å². The van der Waals surface area contributed by atoms with E-state index >= 15 is 0 Å². The minimum Gasteiger partial charge on any atom is -0.478 e. The second-order valence-electron chi connectivity index (χ2n) is 5.12. The maximum absolute atomic E-state index is 12.3. The number of halogens is 1. The summed E-state index contributed by atoms with van der Waals surface area (Å²) in [4.78, 5) is 23.5. The molecular formula is C16H15BrN2O5S. The molecule has 0 spiro atoms. The van der Waals surface area contributed by atoms with Crippen LogP contribution in [0.5, 0.6) is 0 Å². The third-order valence-corrected chi connectivity index (χ3v) is 5.04. The van der Waals surface area contributed by atoms with Crippen molar-refractivity contribution < 1.29 is 23.1 Å². The summed E-state index contributed by atoms with van der Waals surface area (Å²) in [5.41, 5.74) is 0.329. The lowest BCUT2D eigenvalue weighted by molar-refractivity contribution is -0.114. The average molecular weight is 427 g/mol. The monoisotopic (exact) mass is 426 g/mol. The smallest absolute Gasteiger partial charge is 0.337 e. The van der Waals surface area contributed by atoms with Crippen LogP contribution in [0.25, 0.3) is 0 Å². The minimum atomic E-state index is -3.73. The average Bonchev–Trinajstić information content (AvgIpc) is 2.53. The second-order valence-corrected chi connectivity index (χ2v) is 7.88. The van der Waals surface area contributed by atoms with Gasteiger partial charge in [0.1, 0.15) is 6.54 Å². The number of benzene rings is 2. The molecule has 0 radical (unpaired) electrons. The van der Waals surface area contributed by atoms with Gasteiger partial charge in [-0.25, -0.2) is 13.2 Å². The molecule has 0 aliphatic rings. The van der Waals surface area contributed by atoms with Crippen LogP contribution in [0.1, 0.15) is 10.4 Å². The Balaban J connectivity index is 2.28. The molecule has 0 aliphatic carbocycles. The highest BCUT2D eigenvalue weighted by Crippen LogP contribution is 2.27. The summed E-state index contributed by atoms with van der Waals surface area (Å²) >= 11 is 3.26. The van der Waals surface area contributed by atoms with Crippen LogP contribution in [0, 0.1) is 0 Å². The zero-order valence-electron chi connectivity index (χ0n) is 13.1. The summed E-state index contributed by atoms with van der Waals surface area (Å²) in [6.45, 7) is -0.491. The predicted molar refractivity (Wildman–Crippen MR) is 98.4 cm³/mol. The molecule has 132 valence electrons. The van der Waals surface area contributed by atoms with Crippen molar-refractivity contribution in [2.75, 3.05) is 22.4 Å². The number of rotatable bonds is 6. The fraction of sp³-hybridized carbons (Fsp3) is 0.125. The number of carboxylic acids is 1. The van der Waals surface area contributed by atoms with Gasteiger partial charge in [0, 0.05) is 4.47 Å². The van der Waals surface area contributed by atoms with E-state index in [9.17, 15) is 18.0 Å². The normalized spacial score (nSPS) is 11.0. The largest absolute Gasteiger partial charge is 0.478 e. The van der Waals surface area contributed by atoms with Gasteiger partial charge < -0.3 is 10.4 Å². The molecule has 0 bridgehead atoms. The first-order valence-corrected chi connectivity index (χ1v) is 9.68. The summed E-state index contributed by atoms with van der Waals surface area (Å²) in [6.07, 6.45) is 0.991. The van der Waals surface area contributed by atoms with Crippen LogP contribution < -0.4 is 9.62 Å². The molecule has 0 aromatic heterocycles. The van der Waals surface area contributed by atoms with Crippen LogP contribution in [0.15, 0.2) is 53.0 Å². The summed E-state index contributed by atoms with van der Waals surface area (Å²) in [6, 6.07) is 12.5. The number of anilines is 2. The van der Waals surface area contributed by atoms with E-state index in [1.54, 1.807) is 30.3 Å². The zero-order valence-corrected chi connectivity index (χ0v) is 15.5. The Morgan fingerprint density at radius 2 is 1.72 bits per heavy atom. The number of carbonyl (C=O) groups excluding carboxylic acids is 1. The molecular weight excluding hydrogens is 412 g/mol. The molecule has 0 saturated heterocycles. The lowest BCUT2D eigenvalue weighted by atomic mass is 10.2. The topological polar surface area (TPSA) is 104 Å². The molecule has 0 aliphatic heterocycles. The first kappa shape index (κ1) is 18.9. The van der Waals surface area contributed by atoms with Gasteiger partial charge in [0.2, 0.25) is 15.9 Å². The Morgan fingerprint density at radius 3 is 2.32 bits per heavy atom. The third kappa shape index (κ3) is 4.80. The highest BCUT2D eigenvalue weighted by Gasteiger charge is 2.23. The maximum atomic E-state index is 12.3. The molecule has 2 aromatic rings. The molecule has 1 amide bonds. The Labute approximate surface area is 153 Å². The lowest BCUT2D eigenvalue weighted by Crippen LogP contribution is -2.37. The number of carbonyl (C=O) groups is 2. The Bertz CT molecular complexity index is 914. The van der Waals surface area contributed by atoms with E-state index in [-0.39, 0.29) is 11.3 Å². The molecule has 9 heteroatoms. The quantitative estimate of drug-likeness (QED) is 0.738. The molecule has 7 nitrogen and oxygen atoms in total. The number of nitrogens with zero attached hydrogens (tertiary/aromatic N) is 1. The molecule has 0 unspecified atom stereocenters. The first-order chi connectivity index (χ1) is 11.7. The minimum absolute atomic E-state index is 0.0809. The Kier molecular flexibility index (Phi) is 5.81. The van der Waals surface area contributed by atoms with Crippen LogP contribution in [-0.4, -0.2) is 38.2 Å². The predicted octanol–water partition coefficient (Wildman–Crippen LogP) is 2.55. The van der Waals surface area contributed by atoms with Gasteiger partial charge in [-0.1, -0.05) is 24.3 Å². The standard InChI is InChI=1S/C16H15BrN2O5S/c1-25(23,24)19(14-9-5-3-7-12(14)17)10-15(20)18-13-8-4-2-6-11(13)16(21)22/h2-9H,10H2,1H3,(H,18,20)(H,21,22). The van der Waals surface area contributed by atoms with Crippen molar-refractivity contribution in [1.82, 2.24) is 0 Å².